The molecule has 0 aromatic heterocycles. The predicted molar refractivity (Wildman–Crippen MR) is 63.0 cm³/mol. The van der Waals surface area contributed by atoms with Crippen LogP contribution in [-0.4, -0.2) is 18.2 Å². The third-order valence-electron chi connectivity index (χ3n) is 2.78. The van der Waals surface area contributed by atoms with Crippen molar-refractivity contribution in [3.05, 3.63) is 29.1 Å². The highest BCUT2D eigenvalue weighted by atomic mass is 19.1. The minimum Gasteiger partial charge on any atom is -0.493 e. The molecule has 18 heavy (non-hydrogen) atoms. The van der Waals surface area contributed by atoms with E-state index in [-0.39, 0.29) is 17.7 Å². The Kier molecular flexibility index (Phi) is 4.27. The molecule has 1 rings (SSSR count). The molecular formula is C13H16F2O3. The lowest BCUT2D eigenvalue weighted by molar-refractivity contribution is -0.138. The number of aliphatic carboxylic acids is 1. The lowest BCUT2D eigenvalue weighted by Crippen LogP contribution is -2.23. The summed E-state index contributed by atoms with van der Waals surface area (Å²) < 4.78 is 31.3. The van der Waals surface area contributed by atoms with Gasteiger partial charge in [0.25, 0.3) is 0 Å². The number of alkyl halides is 1. The van der Waals surface area contributed by atoms with Gasteiger partial charge in [0.1, 0.15) is 6.67 Å². The monoisotopic (exact) mass is 258 g/mol. The average molecular weight is 258 g/mol. The van der Waals surface area contributed by atoms with Crippen LogP contribution in [0.15, 0.2) is 12.1 Å². The second-order valence-corrected chi connectivity index (χ2v) is 4.75. The Balaban J connectivity index is 3.36. The third kappa shape index (κ3) is 2.97. The van der Waals surface area contributed by atoms with Gasteiger partial charge in [0.2, 0.25) is 0 Å². The minimum atomic E-state index is -1.01. The molecule has 0 atom stereocenters. The number of carboxylic acids is 1. The normalized spacial score (nSPS) is 11.4. The van der Waals surface area contributed by atoms with Crippen molar-refractivity contribution in [2.45, 2.75) is 32.4 Å². The highest BCUT2D eigenvalue weighted by Gasteiger charge is 2.29. The van der Waals surface area contributed by atoms with Crippen LogP contribution in [0.3, 0.4) is 0 Å². The van der Waals surface area contributed by atoms with E-state index in [0.29, 0.717) is 5.56 Å². The summed E-state index contributed by atoms with van der Waals surface area (Å²) in [5.41, 5.74) is -0.315. The molecule has 0 aliphatic carbocycles. The number of ether oxygens (including phenoxy) is 1. The summed E-state index contributed by atoms with van der Waals surface area (Å²) in [6, 6.07) is 2.50. The standard InChI is InChI=1S/C13H16F2O3/c1-13(2,6-11(16)17)9-4-8(7-14)5-10(15)12(9)18-3/h4-5H,6-7H2,1-3H3,(H,16,17). The smallest absolute Gasteiger partial charge is 0.304 e. The van der Waals surface area contributed by atoms with E-state index in [1.807, 2.05) is 0 Å². The Morgan fingerprint density at radius 2 is 2.06 bits per heavy atom. The first kappa shape index (κ1) is 14.4. The van der Waals surface area contributed by atoms with Crippen LogP contribution < -0.4 is 4.74 Å². The van der Waals surface area contributed by atoms with E-state index in [9.17, 15) is 13.6 Å². The van der Waals surface area contributed by atoms with Crippen molar-refractivity contribution in [1.82, 2.24) is 0 Å². The topological polar surface area (TPSA) is 46.5 Å². The van der Waals surface area contributed by atoms with E-state index < -0.39 is 23.9 Å². The second-order valence-electron chi connectivity index (χ2n) is 4.75. The maximum Gasteiger partial charge on any atom is 0.304 e. The van der Waals surface area contributed by atoms with Crippen molar-refractivity contribution in [3.8, 4) is 5.75 Å². The lowest BCUT2D eigenvalue weighted by atomic mass is 9.80. The van der Waals surface area contributed by atoms with Crippen molar-refractivity contribution in [3.63, 3.8) is 0 Å². The Labute approximate surface area is 104 Å². The van der Waals surface area contributed by atoms with Crippen LogP contribution in [0, 0.1) is 5.82 Å². The van der Waals surface area contributed by atoms with E-state index in [0.717, 1.165) is 6.07 Å². The van der Waals surface area contributed by atoms with Gasteiger partial charge in [-0.15, -0.1) is 0 Å². The molecule has 0 bridgehead atoms. The number of halogens is 2. The Morgan fingerprint density at radius 3 is 2.50 bits per heavy atom. The van der Waals surface area contributed by atoms with Crippen LogP contribution in [0.5, 0.6) is 5.75 Å². The number of hydrogen-bond acceptors (Lipinski definition) is 2. The number of carboxylic acid groups (broad SMARTS) is 1. The Bertz CT molecular complexity index is 456. The molecule has 0 aliphatic rings. The fourth-order valence-corrected chi connectivity index (χ4v) is 1.91. The van der Waals surface area contributed by atoms with E-state index >= 15 is 0 Å². The molecule has 0 spiro atoms. The third-order valence-corrected chi connectivity index (χ3v) is 2.78. The maximum atomic E-state index is 13.7. The summed E-state index contributed by atoms with van der Waals surface area (Å²) in [6.07, 6.45) is -0.196. The van der Waals surface area contributed by atoms with Crippen molar-refractivity contribution in [2.24, 2.45) is 0 Å². The molecule has 0 radical (unpaired) electrons. The fraction of sp³-hybridized carbons (Fsp3) is 0.462. The Hall–Kier alpha value is -1.65. The van der Waals surface area contributed by atoms with Crippen LogP contribution >= 0.6 is 0 Å². The van der Waals surface area contributed by atoms with Crippen molar-refractivity contribution in [1.29, 1.82) is 0 Å². The molecule has 100 valence electrons. The molecule has 1 aromatic carbocycles. The number of methoxy groups -OCH3 is 1. The summed E-state index contributed by atoms with van der Waals surface area (Å²) in [7, 11) is 1.30. The van der Waals surface area contributed by atoms with E-state index in [1.54, 1.807) is 13.8 Å². The highest BCUT2D eigenvalue weighted by molar-refractivity contribution is 5.69. The van der Waals surface area contributed by atoms with Gasteiger partial charge in [0.15, 0.2) is 11.6 Å². The van der Waals surface area contributed by atoms with Crippen molar-refractivity contribution < 1.29 is 23.4 Å². The van der Waals surface area contributed by atoms with E-state index in [4.69, 9.17) is 9.84 Å². The van der Waals surface area contributed by atoms with Gasteiger partial charge in [-0.05, 0) is 17.7 Å². The quantitative estimate of drug-likeness (QED) is 0.882. The van der Waals surface area contributed by atoms with Crippen LogP contribution in [0.2, 0.25) is 0 Å². The van der Waals surface area contributed by atoms with Crippen molar-refractivity contribution in [2.75, 3.05) is 7.11 Å². The summed E-state index contributed by atoms with van der Waals surface area (Å²) in [4.78, 5) is 10.8. The van der Waals surface area contributed by atoms with Gasteiger partial charge >= 0.3 is 5.97 Å². The molecule has 1 N–H and O–H groups in total. The first-order chi connectivity index (χ1) is 8.31. The number of carbonyl (C=O) groups is 1. The fourth-order valence-electron chi connectivity index (χ4n) is 1.91. The lowest BCUT2D eigenvalue weighted by Gasteiger charge is -2.26. The summed E-state index contributed by atoms with van der Waals surface area (Å²) in [5.74, 6) is -1.72. The molecule has 0 heterocycles. The summed E-state index contributed by atoms with van der Waals surface area (Å²) in [6.45, 7) is 2.50. The van der Waals surface area contributed by atoms with Gasteiger partial charge < -0.3 is 9.84 Å². The molecule has 3 nitrogen and oxygen atoms in total. The molecule has 0 amide bonds. The zero-order chi connectivity index (χ0) is 13.9. The van der Waals surface area contributed by atoms with Crippen LogP contribution in [-0.2, 0) is 16.9 Å². The molecule has 0 unspecified atom stereocenters. The van der Waals surface area contributed by atoms with Crippen LogP contribution in [0.4, 0.5) is 8.78 Å². The first-order valence-electron chi connectivity index (χ1n) is 5.46. The van der Waals surface area contributed by atoms with Gasteiger partial charge in [0, 0.05) is 11.0 Å². The zero-order valence-electron chi connectivity index (χ0n) is 10.6. The SMILES string of the molecule is COc1c(F)cc(CF)cc1C(C)(C)CC(=O)O. The molecule has 0 fully saturated rings. The van der Waals surface area contributed by atoms with E-state index in [2.05, 4.69) is 0 Å². The van der Waals surface area contributed by atoms with Crippen molar-refractivity contribution >= 4 is 5.97 Å². The Morgan fingerprint density at radius 1 is 1.44 bits per heavy atom. The molecule has 5 heteroatoms. The maximum absolute atomic E-state index is 13.7. The molecular weight excluding hydrogens is 242 g/mol. The number of rotatable bonds is 5. The van der Waals surface area contributed by atoms with Crippen LogP contribution in [0.1, 0.15) is 31.4 Å². The average Bonchev–Trinajstić information content (AvgIpc) is 2.26. The zero-order valence-corrected chi connectivity index (χ0v) is 10.6. The molecule has 1 aromatic rings. The summed E-state index contributed by atoms with van der Waals surface area (Å²) >= 11 is 0. The largest absolute Gasteiger partial charge is 0.493 e. The van der Waals surface area contributed by atoms with Gasteiger partial charge in [-0.3, -0.25) is 4.79 Å². The highest BCUT2D eigenvalue weighted by Crippen LogP contribution is 2.37. The van der Waals surface area contributed by atoms with Gasteiger partial charge in [-0.25, -0.2) is 8.78 Å². The minimum absolute atomic E-state index is 0.0292. The first-order valence-corrected chi connectivity index (χ1v) is 5.46. The molecule has 0 aliphatic heterocycles. The molecule has 0 saturated carbocycles. The molecule has 0 saturated heterocycles. The number of hydrogen-bond donors (Lipinski definition) is 1. The van der Waals surface area contributed by atoms with Gasteiger partial charge in [-0.2, -0.15) is 0 Å². The summed E-state index contributed by atoms with van der Waals surface area (Å²) in [5, 5.41) is 8.86. The van der Waals surface area contributed by atoms with Gasteiger partial charge in [-0.1, -0.05) is 13.8 Å². The van der Waals surface area contributed by atoms with Crippen LogP contribution in [0.25, 0.3) is 0 Å². The van der Waals surface area contributed by atoms with E-state index in [1.165, 1.54) is 13.2 Å². The predicted octanol–water partition coefficient (Wildman–Crippen LogP) is 3.06. The number of benzene rings is 1. The second kappa shape index (κ2) is 5.33. The van der Waals surface area contributed by atoms with Gasteiger partial charge in [0.05, 0.1) is 13.5 Å².